The molecule has 0 bridgehead atoms. The number of urea groups is 1. The van der Waals surface area contributed by atoms with E-state index in [0.29, 0.717) is 6.04 Å². The number of nitrogens with zero attached hydrogens (tertiary/aromatic N) is 2. The Balaban J connectivity index is 2.08. The van der Waals surface area contributed by atoms with Crippen LogP contribution in [-0.2, 0) is 6.42 Å². The van der Waals surface area contributed by atoms with Crippen molar-refractivity contribution in [1.82, 2.24) is 9.80 Å². The molecular formula is C18H28N2O2. The number of ether oxygens (including phenoxy) is 1. The van der Waals surface area contributed by atoms with E-state index >= 15 is 0 Å². The summed E-state index contributed by atoms with van der Waals surface area (Å²) >= 11 is 0. The average molecular weight is 304 g/mol. The van der Waals surface area contributed by atoms with Gasteiger partial charge in [-0.05, 0) is 57.2 Å². The number of benzene rings is 1. The molecule has 0 spiro atoms. The molecule has 1 aliphatic heterocycles. The van der Waals surface area contributed by atoms with E-state index in [9.17, 15) is 4.79 Å². The molecule has 0 saturated carbocycles. The minimum Gasteiger partial charge on any atom is -0.496 e. The van der Waals surface area contributed by atoms with Crippen molar-refractivity contribution in [1.29, 1.82) is 0 Å². The van der Waals surface area contributed by atoms with E-state index in [-0.39, 0.29) is 6.03 Å². The average Bonchev–Trinajstić information content (AvgIpc) is 2.96. The van der Waals surface area contributed by atoms with Crippen molar-refractivity contribution in [2.45, 2.75) is 46.1 Å². The molecule has 1 atom stereocenters. The molecule has 1 aromatic carbocycles. The molecule has 1 heterocycles. The monoisotopic (exact) mass is 304 g/mol. The fraction of sp³-hybridized carbons (Fsp3) is 0.611. The molecule has 1 aliphatic rings. The predicted molar refractivity (Wildman–Crippen MR) is 89.5 cm³/mol. The lowest BCUT2D eigenvalue weighted by Crippen LogP contribution is -2.46. The Labute approximate surface area is 134 Å². The van der Waals surface area contributed by atoms with Crippen molar-refractivity contribution < 1.29 is 9.53 Å². The molecule has 1 fully saturated rings. The second-order valence-electron chi connectivity index (χ2n) is 5.95. The fourth-order valence-electron chi connectivity index (χ4n) is 3.32. The lowest BCUT2D eigenvalue weighted by atomic mass is 10.0. The van der Waals surface area contributed by atoms with E-state index in [4.69, 9.17) is 4.74 Å². The summed E-state index contributed by atoms with van der Waals surface area (Å²) in [6, 6.07) is 6.83. The molecule has 122 valence electrons. The van der Waals surface area contributed by atoms with Crippen molar-refractivity contribution in [3.63, 3.8) is 0 Å². The highest BCUT2D eigenvalue weighted by Crippen LogP contribution is 2.25. The molecule has 1 aromatic rings. The van der Waals surface area contributed by atoms with Gasteiger partial charge in [0.1, 0.15) is 5.75 Å². The van der Waals surface area contributed by atoms with Crippen molar-refractivity contribution in [3.05, 3.63) is 29.3 Å². The second-order valence-corrected chi connectivity index (χ2v) is 5.95. The highest BCUT2D eigenvalue weighted by molar-refractivity contribution is 5.75. The lowest BCUT2D eigenvalue weighted by Gasteiger charge is -2.30. The quantitative estimate of drug-likeness (QED) is 0.834. The zero-order valence-electron chi connectivity index (χ0n) is 14.3. The SMILES string of the molecule is CCN(CC)C(=O)N1CCCC1Cc1ccc(OC)c(C)c1. The van der Waals surface area contributed by atoms with Crippen LogP contribution < -0.4 is 4.74 Å². The number of hydrogen-bond donors (Lipinski definition) is 0. The normalized spacial score (nSPS) is 17.6. The number of rotatable bonds is 5. The maximum atomic E-state index is 12.6. The van der Waals surface area contributed by atoms with E-state index in [1.807, 2.05) is 24.8 Å². The smallest absolute Gasteiger partial charge is 0.320 e. The molecular weight excluding hydrogens is 276 g/mol. The van der Waals surface area contributed by atoms with Crippen LogP contribution in [0.1, 0.15) is 37.8 Å². The molecule has 0 N–H and O–H groups in total. The van der Waals surface area contributed by atoms with Crippen molar-refractivity contribution in [2.75, 3.05) is 26.7 Å². The third-order valence-corrected chi connectivity index (χ3v) is 4.59. The van der Waals surface area contributed by atoms with Gasteiger partial charge in [-0.15, -0.1) is 0 Å². The Hall–Kier alpha value is -1.71. The molecule has 4 nitrogen and oxygen atoms in total. The molecule has 2 amide bonds. The van der Waals surface area contributed by atoms with Gasteiger partial charge in [0.25, 0.3) is 0 Å². The van der Waals surface area contributed by atoms with Gasteiger partial charge in [0.2, 0.25) is 0 Å². The van der Waals surface area contributed by atoms with E-state index in [0.717, 1.165) is 50.2 Å². The predicted octanol–water partition coefficient (Wildman–Crippen LogP) is 3.47. The topological polar surface area (TPSA) is 32.8 Å². The molecule has 0 aliphatic carbocycles. The maximum Gasteiger partial charge on any atom is 0.320 e. The van der Waals surface area contributed by atoms with Crippen LogP contribution in [0.3, 0.4) is 0 Å². The van der Waals surface area contributed by atoms with Gasteiger partial charge in [-0.25, -0.2) is 4.79 Å². The molecule has 1 saturated heterocycles. The summed E-state index contributed by atoms with van der Waals surface area (Å²) in [6.07, 6.45) is 3.13. The summed E-state index contributed by atoms with van der Waals surface area (Å²) in [5, 5.41) is 0. The van der Waals surface area contributed by atoms with Crippen LogP contribution >= 0.6 is 0 Å². The van der Waals surface area contributed by atoms with Gasteiger partial charge in [-0.3, -0.25) is 0 Å². The molecule has 4 heteroatoms. The van der Waals surface area contributed by atoms with Gasteiger partial charge in [0.15, 0.2) is 0 Å². The van der Waals surface area contributed by atoms with Gasteiger partial charge in [0.05, 0.1) is 7.11 Å². The van der Waals surface area contributed by atoms with Gasteiger partial charge >= 0.3 is 6.03 Å². The third-order valence-electron chi connectivity index (χ3n) is 4.59. The summed E-state index contributed by atoms with van der Waals surface area (Å²) in [7, 11) is 1.70. The van der Waals surface area contributed by atoms with Crippen molar-refractivity contribution >= 4 is 6.03 Å². The Morgan fingerprint density at radius 3 is 2.68 bits per heavy atom. The molecule has 0 aromatic heterocycles. The fourth-order valence-corrected chi connectivity index (χ4v) is 3.32. The van der Waals surface area contributed by atoms with Gasteiger partial charge in [0, 0.05) is 25.7 Å². The van der Waals surface area contributed by atoms with Crippen LogP contribution in [0.25, 0.3) is 0 Å². The van der Waals surface area contributed by atoms with Crippen LogP contribution in [0.5, 0.6) is 5.75 Å². The maximum absolute atomic E-state index is 12.6. The number of aryl methyl sites for hydroxylation is 1. The van der Waals surface area contributed by atoms with Gasteiger partial charge in [-0.1, -0.05) is 12.1 Å². The van der Waals surface area contributed by atoms with E-state index in [1.54, 1.807) is 7.11 Å². The molecule has 22 heavy (non-hydrogen) atoms. The van der Waals surface area contributed by atoms with Crippen LogP contribution in [0.2, 0.25) is 0 Å². The summed E-state index contributed by atoms with van der Waals surface area (Å²) in [6.45, 7) is 8.59. The van der Waals surface area contributed by atoms with E-state index in [2.05, 4.69) is 24.0 Å². The lowest BCUT2D eigenvalue weighted by molar-refractivity contribution is 0.152. The highest BCUT2D eigenvalue weighted by atomic mass is 16.5. The molecule has 0 radical (unpaired) electrons. The summed E-state index contributed by atoms with van der Waals surface area (Å²) < 4.78 is 5.32. The Bertz CT molecular complexity index is 512. The van der Waals surface area contributed by atoms with Crippen molar-refractivity contribution in [2.24, 2.45) is 0 Å². The first-order chi connectivity index (χ1) is 10.6. The molecule has 1 unspecified atom stereocenters. The largest absolute Gasteiger partial charge is 0.496 e. The van der Waals surface area contributed by atoms with E-state index in [1.165, 1.54) is 5.56 Å². The first-order valence-electron chi connectivity index (χ1n) is 8.29. The standard InChI is InChI=1S/C18H28N2O2/c1-5-19(6-2)18(21)20-11-7-8-16(20)13-15-9-10-17(22-4)14(3)12-15/h9-10,12,16H,5-8,11,13H2,1-4H3. The Morgan fingerprint density at radius 2 is 2.09 bits per heavy atom. The summed E-state index contributed by atoms with van der Waals surface area (Å²) in [4.78, 5) is 16.6. The van der Waals surface area contributed by atoms with Crippen LogP contribution in [0.15, 0.2) is 18.2 Å². The van der Waals surface area contributed by atoms with Gasteiger partial charge in [-0.2, -0.15) is 0 Å². The third kappa shape index (κ3) is 3.54. The van der Waals surface area contributed by atoms with Crippen LogP contribution in [-0.4, -0.2) is 48.6 Å². The summed E-state index contributed by atoms with van der Waals surface area (Å²) in [5.74, 6) is 0.922. The van der Waals surface area contributed by atoms with Crippen LogP contribution in [0.4, 0.5) is 4.79 Å². The zero-order chi connectivity index (χ0) is 16.1. The number of hydrogen-bond acceptors (Lipinski definition) is 2. The minimum absolute atomic E-state index is 0.192. The number of methoxy groups -OCH3 is 1. The number of likely N-dealkylation sites (tertiary alicyclic amines) is 1. The van der Waals surface area contributed by atoms with Crippen molar-refractivity contribution in [3.8, 4) is 5.75 Å². The summed E-state index contributed by atoms with van der Waals surface area (Å²) in [5.41, 5.74) is 2.43. The Kier molecular flexibility index (Phi) is 5.69. The number of carbonyl (C=O) groups is 1. The zero-order valence-corrected chi connectivity index (χ0v) is 14.3. The number of amides is 2. The van der Waals surface area contributed by atoms with E-state index < -0.39 is 0 Å². The Morgan fingerprint density at radius 1 is 1.36 bits per heavy atom. The molecule has 2 rings (SSSR count). The first-order valence-corrected chi connectivity index (χ1v) is 8.29. The minimum atomic E-state index is 0.192. The second kappa shape index (κ2) is 7.52. The number of carbonyl (C=O) groups excluding carboxylic acids is 1. The van der Waals surface area contributed by atoms with Crippen LogP contribution in [0, 0.1) is 6.92 Å². The highest BCUT2D eigenvalue weighted by Gasteiger charge is 2.30. The first kappa shape index (κ1) is 16.7. The van der Waals surface area contributed by atoms with Gasteiger partial charge < -0.3 is 14.5 Å².